The minimum atomic E-state index is 0.586. The summed E-state index contributed by atoms with van der Waals surface area (Å²) in [6.45, 7) is 18.7. The first-order chi connectivity index (χ1) is 17.4. The molecule has 3 rings (SSSR count). The van der Waals surface area contributed by atoms with E-state index in [0.29, 0.717) is 5.92 Å². The van der Waals surface area contributed by atoms with Gasteiger partial charge >= 0.3 is 0 Å². The van der Waals surface area contributed by atoms with Crippen molar-refractivity contribution < 1.29 is 0 Å². The molecular formula is C34H42N2. The van der Waals surface area contributed by atoms with Crippen molar-refractivity contribution in [2.45, 2.75) is 65.7 Å². The molecule has 0 bridgehead atoms. The third-order valence-corrected chi connectivity index (χ3v) is 6.99. The van der Waals surface area contributed by atoms with Gasteiger partial charge in [0.25, 0.3) is 0 Å². The third kappa shape index (κ3) is 7.81. The lowest BCUT2D eigenvalue weighted by Gasteiger charge is -2.19. The Bertz CT molecular complexity index is 1150. The minimum Gasteiger partial charge on any atom is -0.359 e. The highest BCUT2D eigenvalue weighted by molar-refractivity contribution is 6.00. The number of nitrogens with one attached hydrogen (secondary N) is 1. The van der Waals surface area contributed by atoms with E-state index in [1.165, 1.54) is 44.1 Å². The largest absolute Gasteiger partial charge is 0.359 e. The van der Waals surface area contributed by atoms with E-state index in [1.807, 2.05) is 25.2 Å². The molecular weight excluding hydrogens is 436 g/mol. The van der Waals surface area contributed by atoms with E-state index >= 15 is 0 Å². The molecule has 0 aliphatic heterocycles. The topological polar surface area (TPSA) is 24.4 Å². The lowest BCUT2D eigenvalue weighted by Crippen LogP contribution is -2.10. The molecule has 2 nitrogen and oxygen atoms in total. The van der Waals surface area contributed by atoms with Crippen molar-refractivity contribution in [3.05, 3.63) is 120 Å². The Balaban J connectivity index is 1.71. The molecule has 0 saturated heterocycles. The van der Waals surface area contributed by atoms with Crippen LogP contribution < -0.4 is 5.32 Å². The monoisotopic (exact) mass is 478 g/mol. The number of hydrogen-bond donors (Lipinski definition) is 1. The Kier molecular flexibility index (Phi) is 10.3. The van der Waals surface area contributed by atoms with Gasteiger partial charge in [-0.15, -0.1) is 0 Å². The van der Waals surface area contributed by atoms with Gasteiger partial charge in [-0.2, -0.15) is 0 Å². The maximum absolute atomic E-state index is 4.99. The molecule has 0 unspecified atom stereocenters. The van der Waals surface area contributed by atoms with Crippen molar-refractivity contribution in [1.29, 1.82) is 0 Å². The summed E-state index contributed by atoms with van der Waals surface area (Å²) < 4.78 is 0. The van der Waals surface area contributed by atoms with Crippen LogP contribution in [0.4, 0.5) is 11.4 Å². The smallest absolute Gasteiger partial charge is 0.0665 e. The molecule has 0 heterocycles. The highest BCUT2D eigenvalue weighted by atomic mass is 14.9. The fraction of sp³-hybridized carbons (Fsp3) is 0.324. The summed E-state index contributed by atoms with van der Waals surface area (Å²) in [6, 6.07) is 15.1. The van der Waals surface area contributed by atoms with Gasteiger partial charge in [-0.05, 0) is 92.0 Å². The second-order valence-electron chi connectivity index (χ2n) is 9.87. The Labute approximate surface area is 219 Å². The number of aliphatic imine (C=N–C) groups is 1. The van der Waals surface area contributed by atoms with Crippen molar-refractivity contribution in [1.82, 2.24) is 0 Å². The molecule has 1 aliphatic rings. The molecule has 2 aromatic carbocycles. The normalized spacial score (nSPS) is 15.5. The summed E-state index contributed by atoms with van der Waals surface area (Å²) in [6.07, 6.45) is 16.5. The molecule has 2 aromatic rings. The first-order valence-corrected chi connectivity index (χ1v) is 13.3. The van der Waals surface area contributed by atoms with E-state index in [2.05, 4.69) is 87.4 Å². The SMILES string of the molecule is C=C/C=C(\C=C/C)C(=C)Cc1ccc(C)c(N=C(C)c2ccc(NC(=C)C3CCCCCC3)cc2)c1. The molecule has 36 heavy (non-hydrogen) atoms. The second-order valence-corrected chi connectivity index (χ2v) is 9.87. The average Bonchev–Trinajstić information content (AvgIpc) is 3.16. The summed E-state index contributed by atoms with van der Waals surface area (Å²) in [5.41, 5.74) is 9.92. The predicted molar refractivity (Wildman–Crippen MR) is 159 cm³/mol. The number of anilines is 1. The van der Waals surface area contributed by atoms with Gasteiger partial charge in [0, 0.05) is 17.1 Å². The summed E-state index contributed by atoms with van der Waals surface area (Å²) >= 11 is 0. The van der Waals surface area contributed by atoms with Gasteiger partial charge in [0.1, 0.15) is 0 Å². The Morgan fingerprint density at radius 3 is 2.36 bits per heavy atom. The molecule has 1 N–H and O–H groups in total. The van der Waals surface area contributed by atoms with Crippen LogP contribution in [0.15, 0.2) is 108 Å². The van der Waals surface area contributed by atoms with Crippen LogP contribution in [0.5, 0.6) is 0 Å². The molecule has 0 spiro atoms. The molecule has 1 aliphatic carbocycles. The van der Waals surface area contributed by atoms with E-state index in [4.69, 9.17) is 4.99 Å². The standard InChI is InChI=1S/C34H42N2/c1-7-13-30(14-8-2)26(4)23-29-18-17-25(3)34(24-29)36-28(6)32-19-21-33(22-20-32)35-27(5)31-15-11-9-10-12-16-31/h7-8,13-14,17-22,24,31,35H,1,4-5,9-12,15-16,23H2,2-3,6H3/b14-8-,30-13+,36-28?. The number of nitrogens with zero attached hydrogens (tertiary/aromatic N) is 1. The van der Waals surface area contributed by atoms with Crippen LogP contribution in [0.2, 0.25) is 0 Å². The summed E-state index contributed by atoms with van der Waals surface area (Å²) in [5.74, 6) is 0.586. The second kappa shape index (κ2) is 13.6. The zero-order chi connectivity index (χ0) is 25.9. The first-order valence-electron chi connectivity index (χ1n) is 13.3. The van der Waals surface area contributed by atoms with Gasteiger partial charge in [-0.25, -0.2) is 0 Å². The zero-order valence-corrected chi connectivity index (χ0v) is 22.4. The summed E-state index contributed by atoms with van der Waals surface area (Å²) in [5, 5.41) is 3.56. The van der Waals surface area contributed by atoms with E-state index in [0.717, 1.165) is 51.5 Å². The maximum Gasteiger partial charge on any atom is 0.0665 e. The minimum absolute atomic E-state index is 0.586. The van der Waals surface area contributed by atoms with Crippen LogP contribution in [0, 0.1) is 12.8 Å². The van der Waals surface area contributed by atoms with Gasteiger partial charge in [-0.1, -0.05) is 94.0 Å². The summed E-state index contributed by atoms with van der Waals surface area (Å²) in [4.78, 5) is 4.99. The molecule has 188 valence electrons. The van der Waals surface area contributed by atoms with Gasteiger partial charge in [0.05, 0.1) is 5.69 Å². The van der Waals surface area contributed by atoms with E-state index < -0.39 is 0 Å². The molecule has 0 atom stereocenters. The van der Waals surface area contributed by atoms with Crippen molar-refractivity contribution in [2.24, 2.45) is 10.9 Å². The van der Waals surface area contributed by atoms with Crippen LogP contribution in [0.25, 0.3) is 0 Å². The summed E-state index contributed by atoms with van der Waals surface area (Å²) in [7, 11) is 0. The Morgan fingerprint density at radius 2 is 1.72 bits per heavy atom. The van der Waals surface area contributed by atoms with Gasteiger partial charge < -0.3 is 5.32 Å². The third-order valence-electron chi connectivity index (χ3n) is 6.99. The van der Waals surface area contributed by atoms with Crippen LogP contribution >= 0.6 is 0 Å². The predicted octanol–water partition coefficient (Wildman–Crippen LogP) is 9.82. The number of rotatable bonds is 10. The maximum atomic E-state index is 4.99. The number of aryl methyl sites for hydroxylation is 1. The quantitative estimate of drug-likeness (QED) is 0.205. The lowest BCUT2D eigenvalue weighted by molar-refractivity contribution is 0.534. The van der Waals surface area contributed by atoms with Gasteiger partial charge in [0.15, 0.2) is 0 Å². The Morgan fingerprint density at radius 1 is 1.03 bits per heavy atom. The van der Waals surface area contributed by atoms with Crippen LogP contribution in [-0.2, 0) is 6.42 Å². The molecule has 0 aromatic heterocycles. The van der Waals surface area contributed by atoms with Gasteiger partial charge in [-0.3, -0.25) is 4.99 Å². The fourth-order valence-electron chi connectivity index (χ4n) is 4.79. The number of benzene rings is 2. The van der Waals surface area contributed by atoms with Crippen LogP contribution in [0.1, 0.15) is 69.1 Å². The average molecular weight is 479 g/mol. The molecule has 1 saturated carbocycles. The van der Waals surface area contributed by atoms with Crippen molar-refractivity contribution in [3.63, 3.8) is 0 Å². The zero-order valence-electron chi connectivity index (χ0n) is 22.4. The Hall–Kier alpha value is -3.39. The molecule has 0 radical (unpaired) electrons. The van der Waals surface area contributed by atoms with E-state index in [-0.39, 0.29) is 0 Å². The number of hydrogen-bond acceptors (Lipinski definition) is 2. The van der Waals surface area contributed by atoms with Crippen LogP contribution in [-0.4, -0.2) is 5.71 Å². The molecule has 1 fully saturated rings. The van der Waals surface area contributed by atoms with Crippen molar-refractivity contribution >= 4 is 17.1 Å². The van der Waals surface area contributed by atoms with E-state index in [9.17, 15) is 0 Å². The fourth-order valence-corrected chi connectivity index (χ4v) is 4.79. The first kappa shape index (κ1) is 27.2. The van der Waals surface area contributed by atoms with Crippen LogP contribution in [0.3, 0.4) is 0 Å². The molecule has 2 heteroatoms. The van der Waals surface area contributed by atoms with Crippen molar-refractivity contribution in [2.75, 3.05) is 5.32 Å². The highest BCUT2D eigenvalue weighted by Gasteiger charge is 2.15. The highest BCUT2D eigenvalue weighted by Crippen LogP contribution is 2.29. The van der Waals surface area contributed by atoms with Crippen molar-refractivity contribution in [3.8, 4) is 0 Å². The molecule has 0 amide bonds. The number of allylic oxidation sites excluding steroid dienone is 7. The lowest BCUT2D eigenvalue weighted by atomic mass is 9.97. The van der Waals surface area contributed by atoms with Gasteiger partial charge in [0.2, 0.25) is 0 Å². The van der Waals surface area contributed by atoms with E-state index in [1.54, 1.807) is 0 Å².